The molecule has 0 aliphatic heterocycles. The van der Waals surface area contributed by atoms with Crippen molar-refractivity contribution in [3.8, 4) is 5.75 Å². The Morgan fingerprint density at radius 3 is 2.60 bits per heavy atom. The predicted molar refractivity (Wildman–Crippen MR) is 59.4 cm³/mol. The normalized spacial score (nSPS) is 10.7. The molecule has 0 radical (unpaired) electrons. The SMILES string of the molecule is COC(CNc1ccc(O)c(Cl)c1)OC. The molecule has 0 aliphatic carbocycles. The van der Waals surface area contributed by atoms with Gasteiger partial charge in [-0.25, -0.2) is 0 Å². The number of ether oxygens (including phenoxy) is 2. The molecule has 84 valence electrons. The average molecular weight is 232 g/mol. The van der Waals surface area contributed by atoms with Crippen LogP contribution in [-0.2, 0) is 9.47 Å². The van der Waals surface area contributed by atoms with E-state index < -0.39 is 0 Å². The van der Waals surface area contributed by atoms with Gasteiger partial charge in [0.2, 0.25) is 0 Å². The zero-order valence-electron chi connectivity index (χ0n) is 8.66. The lowest BCUT2D eigenvalue weighted by Crippen LogP contribution is -2.23. The summed E-state index contributed by atoms with van der Waals surface area (Å²) in [5.74, 6) is 0.0669. The molecule has 0 spiro atoms. The van der Waals surface area contributed by atoms with Gasteiger partial charge in [-0.3, -0.25) is 0 Å². The van der Waals surface area contributed by atoms with Gasteiger partial charge < -0.3 is 19.9 Å². The number of methoxy groups -OCH3 is 2. The summed E-state index contributed by atoms with van der Waals surface area (Å²) < 4.78 is 10.0. The molecule has 0 bridgehead atoms. The fourth-order valence-electron chi connectivity index (χ4n) is 1.08. The molecular formula is C10H14ClNO3. The minimum Gasteiger partial charge on any atom is -0.506 e. The highest BCUT2D eigenvalue weighted by Gasteiger charge is 2.05. The van der Waals surface area contributed by atoms with E-state index >= 15 is 0 Å². The third-order valence-corrected chi connectivity index (χ3v) is 2.25. The summed E-state index contributed by atoms with van der Waals surface area (Å²) in [6.45, 7) is 0.508. The van der Waals surface area contributed by atoms with Crippen molar-refractivity contribution < 1.29 is 14.6 Å². The number of anilines is 1. The lowest BCUT2D eigenvalue weighted by molar-refractivity contribution is -0.0914. The number of benzene rings is 1. The van der Waals surface area contributed by atoms with Crippen LogP contribution in [0.1, 0.15) is 0 Å². The third kappa shape index (κ3) is 3.58. The maximum atomic E-state index is 9.20. The lowest BCUT2D eigenvalue weighted by Gasteiger charge is -2.15. The van der Waals surface area contributed by atoms with Crippen LogP contribution in [0, 0.1) is 0 Å². The first-order valence-electron chi connectivity index (χ1n) is 4.45. The van der Waals surface area contributed by atoms with Gasteiger partial charge in [-0.1, -0.05) is 11.6 Å². The van der Waals surface area contributed by atoms with Crippen molar-refractivity contribution in [1.29, 1.82) is 0 Å². The maximum Gasteiger partial charge on any atom is 0.173 e. The second-order valence-corrected chi connectivity index (χ2v) is 3.36. The van der Waals surface area contributed by atoms with Gasteiger partial charge in [-0.15, -0.1) is 0 Å². The summed E-state index contributed by atoms with van der Waals surface area (Å²) in [5, 5.41) is 12.6. The molecule has 5 heteroatoms. The minimum absolute atomic E-state index is 0.0669. The van der Waals surface area contributed by atoms with Gasteiger partial charge >= 0.3 is 0 Å². The molecule has 0 saturated heterocycles. The molecule has 0 atom stereocenters. The van der Waals surface area contributed by atoms with Gasteiger partial charge in [0.15, 0.2) is 6.29 Å². The van der Waals surface area contributed by atoms with E-state index in [1.54, 1.807) is 26.4 Å². The van der Waals surface area contributed by atoms with Crippen molar-refractivity contribution in [3.05, 3.63) is 23.2 Å². The molecule has 0 saturated carbocycles. The molecular weight excluding hydrogens is 218 g/mol. The van der Waals surface area contributed by atoms with Gasteiger partial charge in [0.1, 0.15) is 5.75 Å². The molecule has 0 amide bonds. The summed E-state index contributed by atoms with van der Waals surface area (Å²) in [4.78, 5) is 0. The smallest absolute Gasteiger partial charge is 0.173 e. The van der Waals surface area contributed by atoms with E-state index in [2.05, 4.69) is 5.32 Å². The first kappa shape index (κ1) is 12.1. The van der Waals surface area contributed by atoms with E-state index in [9.17, 15) is 5.11 Å². The molecule has 0 aliphatic rings. The van der Waals surface area contributed by atoms with E-state index in [0.717, 1.165) is 5.69 Å². The molecule has 4 nitrogen and oxygen atoms in total. The maximum absolute atomic E-state index is 9.20. The number of phenolic OH excluding ortho intramolecular Hbond substituents is 1. The predicted octanol–water partition coefficient (Wildman–Crippen LogP) is 2.08. The Labute approximate surface area is 93.8 Å². The standard InChI is InChI=1S/C10H14ClNO3/c1-14-10(15-2)6-12-7-3-4-9(13)8(11)5-7/h3-5,10,12-13H,6H2,1-2H3. The Morgan fingerprint density at radius 2 is 2.07 bits per heavy atom. The average Bonchev–Trinajstić information content (AvgIpc) is 2.24. The third-order valence-electron chi connectivity index (χ3n) is 1.95. The highest BCUT2D eigenvalue weighted by atomic mass is 35.5. The number of hydrogen-bond acceptors (Lipinski definition) is 4. The zero-order chi connectivity index (χ0) is 11.3. The number of nitrogens with one attached hydrogen (secondary N) is 1. The molecule has 0 unspecified atom stereocenters. The molecule has 1 rings (SSSR count). The van der Waals surface area contributed by atoms with Crippen LogP contribution in [0.5, 0.6) is 5.75 Å². The van der Waals surface area contributed by atoms with Gasteiger partial charge in [0.05, 0.1) is 11.6 Å². The van der Waals surface area contributed by atoms with E-state index in [1.807, 2.05) is 0 Å². The van der Waals surface area contributed by atoms with E-state index in [-0.39, 0.29) is 12.0 Å². The molecule has 15 heavy (non-hydrogen) atoms. The van der Waals surface area contributed by atoms with Crippen molar-refractivity contribution >= 4 is 17.3 Å². The summed E-state index contributed by atoms with van der Waals surface area (Å²) in [6.07, 6.45) is -0.308. The second kappa shape index (κ2) is 5.80. The Bertz CT molecular complexity index is 316. The summed E-state index contributed by atoms with van der Waals surface area (Å²) >= 11 is 5.74. The highest BCUT2D eigenvalue weighted by Crippen LogP contribution is 2.25. The van der Waals surface area contributed by atoms with Gasteiger partial charge in [0.25, 0.3) is 0 Å². The van der Waals surface area contributed by atoms with Crippen LogP contribution in [0.3, 0.4) is 0 Å². The van der Waals surface area contributed by atoms with E-state index in [1.165, 1.54) is 6.07 Å². The van der Waals surface area contributed by atoms with Crippen molar-refractivity contribution in [3.63, 3.8) is 0 Å². The van der Waals surface area contributed by atoms with Crippen LogP contribution >= 0.6 is 11.6 Å². The van der Waals surface area contributed by atoms with Crippen LogP contribution in [0.2, 0.25) is 5.02 Å². The molecule has 2 N–H and O–H groups in total. The van der Waals surface area contributed by atoms with Crippen molar-refractivity contribution in [2.45, 2.75) is 6.29 Å². The summed E-state index contributed by atoms with van der Waals surface area (Å²) in [6, 6.07) is 4.89. The molecule has 1 aromatic rings. The number of aromatic hydroxyl groups is 1. The van der Waals surface area contributed by atoms with E-state index in [4.69, 9.17) is 21.1 Å². The largest absolute Gasteiger partial charge is 0.506 e. The van der Waals surface area contributed by atoms with Crippen LogP contribution in [0.4, 0.5) is 5.69 Å². The van der Waals surface area contributed by atoms with Crippen LogP contribution in [0.15, 0.2) is 18.2 Å². The topological polar surface area (TPSA) is 50.7 Å². The number of halogens is 1. The van der Waals surface area contributed by atoms with Crippen molar-refractivity contribution in [2.75, 3.05) is 26.1 Å². The van der Waals surface area contributed by atoms with Crippen LogP contribution in [0.25, 0.3) is 0 Å². The molecule has 0 fully saturated rings. The van der Waals surface area contributed by atoms with Crippen LogP contribution < -0.4 is 5.32 Å². The minimum atomic E-state index is -0.308. The number of hydrogen-bond donors (Lipinski definition) is 2. The molecule has 0 heterocycles. The Balaban J connectivity index is 2.54. The fourth-order valence-corrected chi connectivity index (χ4v) is 1.26. The Kier molecular flexibility index (Phi) is 4.68. The first-order valence-corrected chi connectivity index (χ1v) is 4.83. The summed E-state index contributed by atoms with van der Waals surface area (Å²) in [7, 11) is 3.14. The van der Waals surface area contributed by atoms with Gasteiger partial charge in [-0.05, 0) is 18.2 Å². The first-order chi connectivity index (χ1) is 7.17. The lowest BCUT2D eigenvalue weighted by atomic mass is 10.3. The second-order valence-electron chi connectivity index (χ2n) is 2.95. The monoisotopic (exact) mass is 231 g/mol. The van der Waals surface area contributed by atoms with Crippen LogP contribution in [-0.4, -0.2) is 32.2 Å². The van der Waals surface area contributed by atoms with Crippen molar-refractivity contribution in [2.24, 2.45) is 0 Å². The number of phenols is 1. The summed E-state index contributed by atoms with van der Waals surface area (Å²) in [5.41, 5.74) is 0.803. The zero-order valence-corrected chi connectivity index (χ0v) is 9.41. The fraction of sp³-hybridized carbons (Fsp3) is 0.400. The van der Waals surface area contributed by atoms with E-state index in [0.29, 0.717) is 11.6 Å². The quantitative estimate of drug-likeness (QED) is 0.602. The molecule has 0 aromatic heterocycles. The van der Waals surface area contributed by atoms with Gasteiger partial charge in [0, 0.05) is 19.9 Å². The highest BCUT2D eigenvalue weighted by molar-refractivity contribution is 6.32. The number of rotatable bonds is 5. The van der Waals surface area contributed by atoms with Gasteiger partial charge in [-0.2, -0.15) is 0 Å². The Hall–Kier alpha value is -0.970. The van der Waals surface area contributed by atoms with Crippen molar-refractivity contribution in [1.82, 2.24) is 0 Å². The Morgan fingerprint density at radius 1 is 1.40 bits per heavy atom. The molecule has 1 aromatic carbocycles.